The number of thiophene rings is 1. The molecular formula is C18H16ClNOS. The summed E-state index contributed by atoms with van der Waals surface area (Å²) in [7, 11) is 0. The van der Waals surface area contributed by atoms with E-state index in [1.165, 1.54) is 16.0 Å². The first kappa shape index (κ1) is 15.3. The van der Waals surface area contributed by atoms with Crippen LogP contribution in [0, 0.1) is 13.5 Å². The molecule has 0 fully saturated rings. The maximum atomic E-state index is 7.61. The van der Waals surface area contributed by atoms with Crippen LogP contribution >= 0.6 is 22.9 Å². The summed E-state index contributed by atoms with van der Waals surface area (Å²) >= 11 is 7.68. The van der Waals surface area contributed by atoms with Crippen LogP contribution in [-0.4, -0.2) is 13.2 Å². The molecule has 1 aromatic carbocycles. The zero-order valence-electron chi connectivity index (χ0n) is 12.4. The smallest absolute Gasteiger partial charge is 0.208 e. The number of halogens is 1. The van der Waals surface area contributed by atoms with Crippen molar-refractivity contribution in [2.24, 2.45) is 0 Å². The molecular weight excluding hydrogens is 314 g/mol. The lowest BCUT2D eigenvalue weighted by Gasteiger charge is -2.12. The first-order chi connectivity index (χ1) is 10.7. The molecule has 0 saturated heterocycles. The van der Waals surface area contributed by atoms with E-state index in [0.29, 0.717) is 6.61 Å². The fraction of sp³-hybridized carbons (Fsp3) is 0.278. The molecule has 1 aromatic heterocycles. The van der Waals surface area contributed by atoms with E-state index in [2.05, 4.69) is 17.8 Å². The predicted molar refractivity (Wildman–Crippen MR) is 93.0 cm³/mol. The highest BCUT2D eigenvalue weighted by Crippen LogP contribution is 2.42. The zero-order chi connectivity index (χ0) is 15.5. The van der Waals surface area contributed by atoms with Crippen molar-refractivity contribution >= 4 is 34.2 Å². The van der Waals surface area contributed by atoms with Crippen LogP contribution in [0.15, 0.2) is 30.3 Å². The monoisotopic (exact) mass is 329 g/mol. The number of benzene rings is 1. The predicted octanol–water partition coefficient (Wildman–Crippen LogP) is 5.66. The van der Waals surface area contributed by atoms with Crippen molar-refractivity contribution in [2.45, 2.75) is 19.8 Å². The highest BCUT2D eigenvalue weighted by molar-refractivity contribution is 7.13. The number of nitrogens with zero attached hydrogens (tertiary/aromatic N) is 1. The summed E-state index contributed by atoms with van der Waals surface area (Å²) in [6.45, 7) is 11.1. The molecule has 0 bridgehead atoms. The van der Waals surface area contributed by atoms with Gasteiger partial charge in [-0.15, -0.1) is 0 Å². The highest BCUT2D eigenvalue weighted by Gasteiger charge is 2.20. The maximum Gasteiger partial charge on any atom is 0.208 e. The van der Waals surface area contributed by atoms with Crippen LogP contribution in [-0.2, 0) is 11.2 Å². The highest BCUT2D eigenvalue weighted by atomic mass is 35.5. The Bertz CT molecular complexity index is 753. The Hall–Kier alpha value is -1.60. The van der Waals surface area contributed by atoms with Gasteiger partial charge in [0.1, 0.15) is 0 Å². The van der Waals surface area contributed by atoms with Gasteiger partial charge in [-0.3, -0.25) is 0 Å². The van der Waals surface area contributed by atoms with Crippen LogP contribution in [0.5, 0.6) is 0 Å². The Kier molecular flexibility index (Phi) is 4.63. The Morgan fingerprint density at radius 1 is 1.32 bits per heavy atom. The van der Waals surface area contributed by atoms with E-state index in [4.69, 9.17) is 22.9 Å². The SMILES string of the molecule is [C-]#[N+]c1c(C2=CCOCC2)sc(C)c1Cc1ccc(Cl)cc1. The average molecular weight is 330 g/mol. The van der Waals surface area contributed by atoms with Crippen molar-refractivity contribution in [3.05, 3.63) is 67.7 Å². The third kappa shape index (κ3) is 3.10. The Labute approximate surface area is 139 Å². The molecule has 0 saturated carbocycles. The van der Waals surface area contributed by atoms with Gasteiger partial charge in [0, 0.05) is 9.90 Å². The molecule has 0 N–H and O–H groups in total. The molecule has 2 heterocycles. The lowest BCUT2D eigenvalue weighted by molar-refractivity contribution is 0.161. The van der Waals surface area contributed by atoms with E-state index in [-0.39, 0.29) is 0 Å². The third-order valence-corrected chi connectivity index (χ3v) is 5.31. The normalized spacial score (nSPS) is 14.5. The van der Waals surface area contributed by atoms with Crippen molar-refractivity contribution in [2.75, 3.05) is 13.2 Å². The van der Waals surface area contributed by atoms with E-state index in [1.807, 2.05) is 24.3 Å². The number of rotatable bonds is 3. The molecule has 1 aliphatic rings. The first-order valence-corrected chi connectivity index (χ1v) is 8.40. The van der Waals surface area contributed by atoms with E-state index in [0.717, 1.165) is 40.6 Å². The van der Waals surface area contributed by atoms with Gasteiger partial charge in [0.2, 0.25) is 5.69 Å². The van der Waals surface area contributed by atoms with Gasteiger partial charge in [-0.2, -0.15) is 11.3 Å². The van der Waals surface area contributed by atoms with Gasteiger partial charge in [0.05, 0.1) is 19.8 Å². The summed E-state index contributed by atoms with van der Waals surface area (Å²) in [5.41, 5.74) is 4.39. The van der Waals surface area contributed by atoms with Crippen molar-refractivity contribution in [3.8, 4) is 0 Å². The molecule has 0 atom stereocenters. The number of hydrogen-bond donors (Lipinski definition) is 0. The minimum atomic E-state index is 0.649. The fourth-order valence-corrected chi connectivity index (χ4v) is 3.96. The van der Waals surface area contributed by atoms with Crippen LogP contribution in [0.3, 0.4) is 0 Å². The van der Waals surface area contributed by atoms with Crippen LogP contribution in [0.4, 0.5) is 5.69 Å². The average Bonchev–Trinajstić information content (AvgIpc) is 2.86. The number of aryl methyl sites for hydroxylation is 1. The zero-order valence-corrected chi connectivity index (χ0v) is 13.9. The quantitative estimate of drug-likeness (QED) is 0.663. The summed E-state index contributed by atoms with van der Waals surface area (Å²) in [5, 5.41) is 0.740. The molecule has 2 aromatic rings. The van der Waals surface area contributed by atoms with Crippen LogP contribution in [0.1, 0.15) is 27.3 Å². The molecule has 4 heteroatoms. The van der Waals surface area contributed by atoms with Crippen LogP contribution in [0.25, 0.3) is 10.4 Å². The van der Waals surface area contributed by atoms with Crippen molar-refractivity contribution in [1.29, 1.82) is 0 Å². The second kappa shape index (κ2) is 6.66. The molecule has 1 aliphatic heterocycles. The topological polar surface area (TPSA) is 13.6 Å². The minimum absolute atomic E-state index is 0.649. The lowest BCUT2D eigenvalue weighted by Crippen LogP contribution is -2.02. The molecule has 0 unspecified atom stereocenters. The van der Waals surface area contributed by atoms with Gasteiger partial charge in [-0.1, -0.05) is 29.8 Å². The molecule has 0 radical (unpaired) electrons. The minimum Gasteiger partial charge on any atom is -0.377 e. The summed E-state index contributed by atoms with van der Waals surface area (Å²) in [6, 6.07) is 7.86. The molecule has 3 rings (SSSR count). The van der Waals surface area contributed by atoms with E-state index < -0.39 is 0 Å². The van der Waals surface area contributed by atoms with Gasteiger partial charge in [0.15, 0.2) is 0 Å². The molecule has 0 spiro atoms. The summed E-state index contributed by atoms with van der Waals surface area (Å²) in [5.74, 6) is 0. The van der Waals surface area contributed by atoms with Gasteiger partial charge < -0.3 is 4.74 Å². The summed E-state index contributed by atoms with van der Waals surface area (Å²) in [4.78, 5) is 6.18. The van der Waals surface area contributed by atoms with Crippen LogP contribution in [0.2, 0.25) is 5.02 Å². The van der Waals surface area contributed by atoms with Crippen LogP contribution < -0.4 is 0 Å². The molecule has 22 heavy (non-hydrogen) atoms. The Balaban J connectivity index is 1.97. The number of ether oxygens (including phenoxy) is 1. The maximum absolute atomic E-state index is 7.61. The second-order valence-electron chi connectivity index (χ2n) is 5.28. The molecule has 0 aliphatic carbocycles. The largest absolute Gasteiger partial charge is 0.377 e. The second-order valence-corrected chi connectivity index (χ2v) is 6.95. The van der Waals surface area contributed by atoms with Crippen molar-refractivity contribution in [1.82, 2.24) is 0 Å². The first-order valence-electron chi connectivity index (χ1n) is 7.20. The lowest BCUT2D eigenvalue weighted by atomic mass is 10.0. The van der Waals surface area contributed by atoms with E-state index >= 15 is 0 Å². The van der Waals surface area contributed by atoms with E-state index in [9.17, 15) is 0 Å². The molecule has 112 valence electrons. The Morgan fingerprint density at radius 3 is 2.73 bits per heavy atom. The third-order valence-electron chi connectivity index (χ3n) is 3.84. The van der Waals surface area contributed by atoms with Gasteiger partial charge in [-0.05, 0) is 53.5 Å². The van der Waals surface area contributed by atoms with Gasteiger partial charge in [-0.25, -0.2) is 4.85 Å². The molecule has 0 amide bonds. The van der Waals surface area contributed by atoms with E-state index in [1.54, 1.807) is 11.3 Å². The van der Waals surface area contributed by atoms with Gasteiger partial charge in [0.25, 0.3) is 0 Å². The summed E-state index contributed by atoms with van der Waals surface area (Å²) in [6.07, 6.45) is 3.78. The molecule has 2 nitrogen and oxygen atoms in total. The Morgan fingerprint density at radius 2 is 2.09 bits per heavy atom. The standard InChI is InChI=1S/C18H16ClNOS/c1-12-16(11-13-3-5-15(19)6-4-13)17(20-2)18(22-12)14-7-9-21-10-8-14/h3-7H,8-11H2,1H3. The van der Waals surface area contributed by atoms with Crippen molar-refractivity contribution < 1.29 is 4.74 Å². The van der Waals surface area contributed by atoms with Crippen molar-refractivity contribution in [3.63, 3.8) is 0 Å². The summed E-state index contributed by atoms with van der Waals surface area (Å²) < 4.78 is 5.38. The van der Waals surface area contributed by atoms with Gasteiger partial charge >= 0.3 is 0 Å². The fourth-order valence-electron chi connectivity index (χ4n) is 2.65. The number of hydrogen-bond acceptors (Lipinski definition) is 2.